The number of rotatable bonds is 1. The molecular weight excluding hydrogens is 182 g/mol. The summed E-state index contributed by atoms with van der Waals surface area (Å²) in [7, 11) is 0. The summed E-state index contributed by atoms with van der Waals surface area (Å²) in [6, 6.07) is 8.61. The van der Waals surface area contributed by atoms with E-state index < -0.39 is 0 Å². The van der Waals surface area contributed by atoms with Gasteiger partial charge in [0.05, 0.1) is 6.61 Å². The van der Waals surface area contributed by atoms with Crippen molar-refractivity contribution in [2.75, 3.05) is 6.61 Å². The van der Waals surface area contributed by atoms with Crippen molar-refractivity contribution in [1.82, 2.24) is 4.90 Å². The maximum atomic E-state index is 11.7. The number of benzene rings is 1. The van der Waals surface area contributed by atoms with E-state index in [-0.39, 0.29) is 18.4 Å². The number of carbonyl (C=O) groups is 2. The number of nitrogens with zero attached hydrogens (tertiary/aromatic N) is 1. The molecule has 1 saturated heterocycles. The van der Waals surface area contributed by atoms with Crippen molar-refractivity contribution in [2.45, 2.75) is 0 Å². The minimum Gasteiger partial charge on any atom is -0.524 e. The van der Waals surface area contributed by atoms with Crippen LogP contribution in [0.15, 0.2) is 30.3 Å². The van der Waals surface area contributed by atoms with Crippen molar-refractivity contribution in [3.05, 3.63) is 42.6 Å². The second-order valence-corrected chi connectivity index (χ2v) is 2.85. The molecule has 0 saturated carbocycles. The predicted molar refractivity (Wildman–Crippen MR) is 47.9 cm³/mol. The fourth-order valence-corrected chi connectivity index (χ4v) is 1.19. The summed E-state index contributed by atoms with van der Waals surface area (Å²) in [4.78, 5) is 23.8. The molecule has 1 aliphatic heterocycles. The molecule has 0 atom stereocenters. The lowest BCUT2D eigenvalue weighted by atomic mass is 10.2. The number of ether oxygens (including phenoxy) is 1. The van der Waals surface area contributed by atoms with Gasteiger partial charge in [0.2, 0.25) is 11.8 Å². The number of imide groups is 1. The van der Waals surface area contributed by atoms with E-state index >= 15 is 0 Å². The van der Waals surface area contributed by atoms with Crippen LogP contribution >= 0.6 is 0 Å². The first-order valence-electron chi connectivity index (χ1n) is 4.15. The normalized spacial score (nSPS) is 16.0. The van der Waals surface area contributed by atoms with E-state index in [4.69, 9.17) is 4.74 Å². The first-order chi connectivity index (χ1) is 6.79. The highest BCUT2D eigenvalue weighted by Gasteiger charge is 2.19. The first-order valence-corrected chi connectivity index (χ1v) is 4.15. The molecular formula is C10H8NO3-. The average Bonchev–Trinajstić information content (AvgIpc) is 2.65. The van der Waals surface area contributed by atoms with Crippen LogP contribution in [0.4, 0.5) is 0 Å². The van der Waals surface area contributed by atoms with Gasteiger partial charge < -0.3 is 9.64 Å². The van der Waals surface area contributed by atoms with Gasteiger partial charge in [-0.3, -0.25) is 9.59 Å². The van der Waals surface area contributed by atoms with E-state index in [2.05, 4.69) is 0 Å². The molecule has 0 aromatic heterocycles. The molecule has 1 aromatic carbocycles. The van der Waals surface area contributed by atoms with Gasteiger partial charge in [0.25, 0.3) is 0 Å². The molecule has 2 rings (SSSR count). The summed E-state index contributed by atoms with van der Waals surface area (Å²) >= 11 is 0. The second-order valence-electron chi connectivity index (χ2n) is 2.85. The molecule has 0 N–H and O–H groups in total. The van der Waals surface area contributed by atoms with Crippen molar-refractivity contribution in [1.29, 1.82) is 0 Å². The molecule has 0 aliphatic carbocycles. The summed E-state index contributed by atoms with van der Waals surface area (Å²) in [5.41, 5.74) is 0.475. The van der Waals surface area contributed by atoms with Crippen LogP contribution in [0.1, 0.15) is 10.4 Å². The lowest BCUT2D eigenvalue weighted by molar-refractivity contribution is -0.124. The molecule has 2 amide bonds. The van der Waals surface area contributed by atoms with Crippen molar-refractivity contribution in [2.24, 2.45) is 0 Å². The highest BCUT2D eigenvalue weighted by atomic mass is 16.5. The van der Waals surface area contributed by atoms with E-state index in [0.29, 0.717) is 5.56 Å². The molecule has 1 fully saturated rings. The topological polar surface area (TPSA) is 46.6 Å². The summed E-state index contributed by atoms with van der Waals surface area (Å²) in [6.07, 6.45) is 0. The molecule has 0 bridgehead atoms. The van der Waals surface area contributed by atoms with E-state index in [1.807, 2.05) is 6.07 Å². The average molecular weight is 190 g/mol. The van der Waals surface area contributed by atoms with E-state index in [1.54, 1.807) is 24.3 Å². The fourth-order valence-electron chi connectivity index (χ4n) is 1.19. The molecule has 72 valence electrons. The zero-order chi connectivity index (χ0) is 9.97. The SMILES string of the molecule is O=C1CO[CH-]N1C(=O)c1ccccc1. The van der Waals surface area contributed by atoms with Gasteiger partial charge in [0.15, 0.2) is 0 Å². The standard InChI is InChI=1S/C10H8NO3/c12-9-6-14-7-11(9)10(13)8-4-2-1-3-5-8/h1-5,7H,6H2/q-1. The maximum Gasteiger partial charge on any atom is 0.233 e. The largest absolute Gasteiger partial charge is 0.524 e. The molecule has 0 spiro atoms. The quantitative estimate of drug-likeness (QED) is 0.486. The van der Waals surface area contributed by atoms with Crippen molar-refractivity contribution >= 4 is 11.8 Å². The van der Waals surface area contributed by atoms with Crippen molar-refractivity contribution in [3.63, 3.8) is 0 Å². The molecule has 1 heterocycles. The van der Waals surface area contributed by atoms with E-state index in [9.17, 15) is 9.59 Å². The van der Waals surface area contributed by atoms with Crippen LogP contribution in [-0.4, -0.2) is 23.3 Å². The number of amides is 2. The van der Waals surface area contributed by atoms with E-state index in [0.717, 1.165) is 11.6 Å². The zero-order valence-corrected chi connectivity index (χ0v) is 7.34. The highest BCUT2D eigenvalue weighted by molar-refractivity contribution is 6.06. The Balaban J connectivity index is 2.20. The third kappa shape index (κ3) is 1.52. The van der Waals surface area contributed by atoms with Gasteiger partial charge in [-0.05, 0) is 12.1 Å². The highest BCUT2D eigenvalue weighted by Crippen LogP contribution is 2.11. The van der Waals surface area contributed by atoms with Crippen LogP contribution in [0, 0.1) is 6.73 Å². The summed E-state index contributed by atoms with van der Waals surface area (Å²) in [5.74, 6) is -0.688. The van der Waals surface area contributed by atoms with Crippen LogP contribution < -0.4 is 0 Å². The third-order valence-corrected chi connectivity index (χ3v) is 1.89. The van der Waals surface area contributed by atoms with E-state index in [1.165, 1.54) is 0 Å². The fraction of sp³-hybridized carbons (Fsp3) is 0.100. The van der Waals surface area contributed by atoms with Crippen LogP contribution in [0.3, 0.4) is 0 Å². The van der Waals surface area contributed by atoms with Crippen molar-refractivity contribution in [3.8, 4) is 0 Å². The first kappa shape index (κ1) is 8.90. The van der Waals surface area contributed by atoms with Crippen LogP contribution in [0.5, 0.6) is 0 Å². The van der Waals surface area contributed by atoms with Gasteiger partial charge in [-0.25, -0.2) is 0 Å². The Kier molecular flexibility index (Phi) is 2.28. The Bertz CT molecular complexity index is 361. The predicted octanol–water partition coefficient (Wildman–Crippen LogP) is 0.805. The Morgan fingerprint density at radius 1 is 1.36 bits per heavy atom. The molecule has 4 heteroatoms. The molecule has 1 aliphatic rings. The van der Waals surface area contributed by atoms with Gasteiger partial charge >= 0.3 is 0 Å². The number of hydrogen-bond acceptors (Lipinski definition) is 3. The molecule has 0 radical (unpaired) electrons. The minimum atomic E-state index is -0.354. The van der Waals surface area contributed by atoms with Crippen molar-refractivity contribution < 1.29 is 14.3 Å². The Hall–Kier alpha value is -1.68. The van der Waals surface area contributed by atoms with Gasteiger partial charge in [0, 0.05) is 5.56 Å². The van der Waals surface area contributed by atoms with Crippen LogP contribution in [-0.2, 0) is 9.53 Å². The second kappa shape index (κ2) is 3.59. The molecule has 4 nitrogen and oxygen atoms in total. The number of hydrogen-bond donors (Lipinski definition) is 0. The van der Waals surface area contributed by atoms with Gasteiger partial charge in [0.1, 0.15) is 0 Å². The lowest BCUT2D eigenvalue weighted by Crippen LogP contribution is -2.30. The smallest absolute Gasteiger partial charge is 0.233 e. The Morgan fingerprint density at radius 2 is 2.07 bits per heavy atom. The third-order valence-electron chi connectivity index (χ3n) is 1.89. The molecule has 1 aromatic rings. The zero-order valence-electron chi connectivity index (χ0n) is 7.34. The molecule has 14 heavy (non-hydrogen) atoms. The summed E-state index contributed by atoms with van der Waals surface area (Å²) in [5, 5.41) is 0. The summed E-state index contributed by atoms with van der Waals surface area (Å²) < 4.78 is 4.74. The monoisotopic (exact) mass is 190 g/mol. The number of carbonyl (C=O) groups excluding carboxylic acids is 2. The van der Waals surface area contributed by atoms with Gasteiger partial charge in [-0.2, -0.15) is 0 Å². The van der Waals surface area contributed by atoms with Crippen LogP contribution in [0.2, 0.25) is 0 Å². The maximum absolute atomic E-state index is 11.7. The minimum absolute atomic E-state index is 0.0570. The Morgan fingerprint density at radius 3 is 2.64 bits per heavy atom. The van der Waals surface area contributed by atoms with Gasteiger partial charge in [-0.1, -0.05) is 18.2 Å². The Labute approximate surface area is 81.1 Å². The summed E-state index contributed by atoms with van der Waals surface area (Å²) in [6.45, 7) is 1.09. The van der Waals surface area contributed by atoms with Crippen LogP contribution in [0.25, 0.3) is 0 Å². The molecule has 0 unspecified atom stereocenters. The lowest BCUT2D eigenvalue weighted by Gasteiger charge is -2.20. The van der Waals surface area contributed by atoms with Gasteiger partial charge in [-0.15, -0.1) is 6.73 Å².